The maximum atomic E-state index is 14.1. The molecule has 0 N–H and O–H groups in total. The zero-order chi connectivity index (χ0) is 16.6. The fourth-order valence-corrected chi connectivity index (χ4v) is 10.4. The predicted molar refractivity (Wildman–Crippen MR) is 68.1 cm³/mol. The second-order valence-corrected chi connectivity index (χ2v) is 15.7. The average molecular weight is 377 g/mol. The van der Waals surface area contributed by atoms with Crippen LogP contribution in [0.25, 0.3) is 0 Å². The van der Waals surface area contributed by atoms with Gasteiger partial charge in [0.05, 0.1) is 0 Å². The molecule has 8 heteroatoms. The van der Waals surface area contributed by atoms with Gasteiger partial charge in [-0.05, 0) is 0 Å². The van der Waals surface area contributed by atoms with Crippen molar-refractivity contribution in [1.29, 1.82) is 0 Å². The van der Waals surface area contributed by atoms with Crippen LogP contribution in [0.1, 0.15) is 26.3 Å². The molecule has 0 saturated heterocycles. The Bertz CT molecular complexity index is 495. The minimum atomic E-state index is -5.49. The van der Waals surface area contributed by atoms with Gasteiger partial charge in [-0.2, -0.15) is 0 Å². The van der Waals surface area contributed by atoms with Crippen molar-refractivity contribution in [2.75, 3.05) is 0 Å². The fourth-order valence-electron chi connectivity index (χ4n) is 2.63. The number of benzene rings is 1. The van der Waals surface area contributed by atoms with Gasteiger partial charge in [0.25, 0.3) is 0 Å². The van der Waals surface area contributed by atoms with Crippen LogP contribution in [-0.4, -0.2) is 13.3 Å². The van der Waals surface area contributed by atoms with Crippen molar-refractivity contribution in [2.45, 2.75) is 42.7 Å². The van der Waals surface area contributed by atoms with Crippen LogP contribution in [0.4, 0.5) is 30.7 Å². The molecule has 0 heterocycles. The first kappa shape index (κ1) is 18.3. The van der Waals surface area contributed by atoms with Gasteiger partial charge in [-0.15, -0.1) is 0 Å². The fraction of sp³-hybridized carbons (Fsp3) is 0.538. The monoisotopic (exact) mass is 378 g/mol. The molecule has 0 radical (unpaired) electrons. The molecule has 0 aliphatic rings. The Hall–Kier alpha value is -0.727. The number of hydrogen-bond acceptors (Lipinski definition) is 0. The second-order valence-electron chi connectivity index (χ2n) is 4.84. The van der Waals surface area contributed by atoms with Gasteiger partial charge in [0.15, 0.2) is 0 Å². The topological polar surface area (TPSA) is 0 Å². The first-order valence-corrected chi connectivity index (χ1v) is 12.0. The predicted octanol–water partition coefficient (Wildman–Crippen LogP) is 4.98. The van der Waals surface area contributed by atoms with Gasteiger partial charge in [-0.3, -0.25) is 0 Å². The van der Waals surface area contributed by atoms with Crippen molar-refractivity contribution in [3.8, 4) is 0 Å². The van der Waals surface area contributed by atoms with E-state index in [4.69, 9.17) is 0 Å². The van der Waals surface area contributed by atoms with E-state index in [0.29, 0.717) is 15.8 Å². The van der Waals surface area contributed by atoms with Crippen LogP contribution in [-0.2, 0) is 6.18 Å². The summed E-state index contributed by atoms with van der Waals surface area (Å²) in [6.07, 6.45) is -5.49. The molecule has 0 nitrogen and oxygen atoms in total. The van der Waals surface area contributed by atoms with Crippen molar-refractivity contribution in [3.63, 3.8) is 0 Å². The molecule has 120 valence electrons. The summed E-state index contributed by atoms with van der Waals surface area (Å²) >= 11 is -3.51. The van der Waals surface area contributed by atoms with Gasteiger partial charge < -0.3 is 0 Å². The minimum absolute atomic E-state index is 0.324. The Balaban J connectivity index is 3.82. The van der Waals surface area contributed by atoms with Crippen LogP contribution in [0.15, 0.2) is 0 Å². The Morgan fingerprint density at radius 1 is 0.714 bits per heavy atom. The van der Waals surface area contributed by atoms with Crippen molar-refractivity contribution >= 4 is 17.7 Å². The summed E-state index contributed by atoms with van der Waals surface area (Å²) in [5, 5.41) is 0.973. The van der Waals surface area contributed by atoms with E-state index in [2.05, 4.69) is 0 Å². The summed E-state index contributed by atoms with van der Waals surface area (Å²) in [5.41, 5.74) is -2.50. The summed E-state index contributed by atoms with van der Waals surface area (Å²) < 4.78 is 92.3. The number of rotatable bonds is 4. The van der Waals surface area contributed by atoms with Crippen LogP contribution < -0.4 is 4.40 Å². The van der Waals surface area contributed by atoms with Crippen LogP contribution in [0.2, 0.25) is 15.8 Å². The summed E-state index contributed by atoms with van der Waals surface area (Å²) in [6.45, 7) is 4.91. The molecule has 0 amide bonds. The van der Waals surface area contributed by atoms with Crippen molar-refractivity contribution < 1.29 is 30.7 Å². The van der Waals surface area contributed by atoms with E-state index < -0.39 is 52.7 Å². The van der Waals surface area contributed by atoms with E-state index in [9.17, 15) is 30.7 Å². The first-order valence-electron chi connectivity index (χ1n) is 6.50. The van der Waals surface area contributed by atoms with Crippen molar-refractivity contribution in [1.82, 2.24) is 0 Å². The molecule has 1 aromatic carbocycles. The van der Waals surface area contributed by atoms with Crippen LogP contribution in [0, 0.1) is 23.3 Å². The summed E-state index contributed by atoms with van der Waals surface area (Å²) in [6, 6.07) is 0. The zero-order valence-electron chi connectivity index (χ0n) is 11.8. The molecule has 0 atom stereocenters. The Morgan fingerprint density at radius 2 is 1.05 bits per heavy atom. The third-order valence-electron chi connectivity index (χ3n) is 4.11. The van der Waals surface area contributed by atoms with E-state index in [1.807, 2.05) is 0 Å². The van der Waals surface area contributed by atoms with Gasteiger partial charge in [0, 0.05) is 0 Å². The van der Waals surface area contributed by atoms with Crippen LogP contribution in [0.5, 0.6) is 0 Å². The molecule has 1 rings (SSSR count). The van der Waals surface area contributed by atoms with Gasteiger partial charge in [0.2, 0.25) is 0 Å². The SMILES string of the molecule is C[CH2][Ge]([CH2]C)([CH2]C)[c]1c(F)c(F)c(C(F)(F)F)c(F)c1F. The zero-order valence-corrected chi connectivity index (χ0v) is 13.9. The molecule has 0 aromatic heterocycles. The Kier molecular flexibility index (Phi) is 5.39. The number of halogens is 7. The first-order chi connectivity index (χ1) is 9.57. The van der Waals surface area contributed by atoms with Gasteiger partial charge >= 0.3 is 120 Å². The maximum absolute atomic E-state index is 14.1. The van der Waals surface area contributed by atoms with Gasteiger partial charge in [-0.1, -0.05) is 0 Å². The molecular weight excluding hydrogens is 362 g/mol. The molecule has 0 fully saturated rings. The third kappa shape index (κ3) is 2.93. The van der Waals surface area contributed by atoms with E-state index in [0.717, 1.165) is 0 Å². The van der Waals surface area contributed by atoms with E-state index in [-0.39, 0.29) is 0 Å². The Labute approximate surface area is 120 Å². The quantitative estimate of drug-likeness (QED) is 0.395. The molecule has 0 aliphatic carbocycles. The second kappa shape index (κ2) is 6.18. The number of alkyl halides is 3. The van der Waals surface area contributed by atoms with Gasteiger partial charge in [-0.25, -0.2) is 0 Å². The van der Waals surface area contributed by atoms with E-state index >= 15 is 0 Å². The molecule has 0 aliphatic heterocycles. The van der Waals surface area contributed by atoms with E-state index in [1.165, 1.54) is 0 Å². The van der Waals surface area contributed by atoms with E-state index in [1.54, 1.807) is 20.8 Å². The van der Waals surface area contributed by atoms with Crippen LogP contribution >= 0.6 is 0 Å². The third-order valence-corrected chi connectivity index (χ3v) is 15.8. The standard InChI is InChI=1S/C13H15F7Ge/c1-4-21(5-2,6-3)12-10(16)8(14)7(13(18,19)20)9(15)11(12)17/h4-6H2,1-3H3. The molecule has 21 heavy (non-hydrogen) atoms. The average Bonchev–Trinajstić information content (AvgIpc) is 2.40. The number of hydrogen-bond donors (Lipinski definition) is 0. The molecule has 0 spiro atoms. The summed E-state index contributed by atoms with van der Waals surface area (Å²) in [7, 11) is 0. The molecule has 0 unspecified atom stereocenters. The molecule has 1 aromatic rings. The molecular formula is C13H15F7Ge. The normalized spacial score (nSPS) is 12.9. The van der Waals surface area contributed by atoms with Gasteiger partial charge in [0.1, 0.15) is 0 Å². The van der Waals surface area contributed by atoms with Crippen molar-refractivity contribution in [3.05, 3.63) is 28.8 Å². The van der Waals surface area contributed by atoms with Crippen molar-refractivity contribution in [2.24, 2.45) is 0 Å². The summed E-state index contributed by atoms with van der Waals surface area (Å²) in [4.78, 5) is 0. The molecule has 0 bridgehead atoms. The molecule has 0 saturated carbocycles. The summed E-state index contributed by atoms with van der Waals surface area (Å²) in [5.74, 6) is -8.46. The Morgan fingerprint density at radius 3 is 1.29 bits per heavy atom. The van der Waals surface area contributed by atoms with Crippen LogP contribution in [0.3, 0.4) is 0 Å².